The maximum atomic E-state index is 12.8. The number of rotatable bonds is 2. The fraction of sp³-hybridized carbons (Fsp3) is 0.867. The largest absolute Gasteiger partial charge is 0.481 e. The molecule has 196 valence electrons. The summed E-state index contributed by atoms with van der Waals surface area (Å²) >= 11 is 0. The second kappa shape index (κ2) is 7.36. The lowest BCUT2D eigenvalue weighted by Gasteiger charge is -2.70. The van der Waals surface area contributed by atoms with Crippen LogP contribution in [-0.2, 0) is 9.59 Å². The zero-order valence-corrected chi connectivity index (χ0v) is 22.6. The molecule has 5 rings (SSSR count). The van der Waals surface area contributed by atoms with Crippen molar-refractivity contribution in [3.8, 4) is 0 Å². The van der Waals surface area contributed by atoms with Gasteiger partial charge in [0.25, 0.3) is 0 Å². The zero-order chi connectivity index (χ0) is 25.8. The molecule has 0 saturated heterocycles. The predicted molar refractivity (Wildman–Crippen MR) is 135 cm³/mol. The Bertz CT molecular complexity index is 983. The molecular weight excluding hydrogens is 440 g/mol. The van der Waals surface area contributed by atoms with Gasteiger partial charge in [-0.25, -0.2) is 0 Å². The Kier molecular flexibility index (Phi) is 5.32. The Morgan fingerprint density at radius 1 is 0.829 bits per heavy atom. The van der Waals surface area contributed by atoms with Crippen LogP contribution < -0.4 is 0 Å². The quantitative estimate of drug-likeness (QED) is 0.398. The second-order valence-corrected chi connectivity index (χ2v) is 14.8. The topological polar surface area (TPSA) is 94.8 Å². The van der Waals surface area contributed by atoms with E-state index in [1.54, 1.807) is 6.92 Å². The zero-order valence-electron chi connectivity index (χ0n) is 22.6. The number of aliphatic carboxylic acids is 2. The third-order valence-electron chi connectivity index (χ3n) is 13.2. The monoisotopic (exact) mass is 486 g/mol. The van der Waals surface area contributed by atoms with Gasteiger partial charge in [-0.15, -0.1) is 0 Å². The molecular formula is C30H46O5. The smallest absolute Gasteiger partial charge is 0.312 e. The third kappa shape index (κ3) is 2.97. The minimum Gasteiger partial charge on any atom is -0.481 e. The average molecular weight is 487 g/mol. The van der Waals surface area contributed by atoms with E-state index in [0.717, 1.165) is 57.8 Å². The van der Waals surface area contributed by atoms with Crippen LogP contribution in [0.25, 0.3) is 0 Å². The summed E-state index contributed by atoms with van der Waals surface area (Å²) in [6.45, 7) is 13.5. The first-order valence-electron chi connectivity index (χ1n) is 13.9. The number of fused-ring (bicyclic) bond motifs is 7. The molecule has 3 unspecified atom stereocenters. The Morgan fingerprint density at radius 2 is 1.49 bits per heavy atom. The van der Waals surface area contributed by atoms with Crippen LogP contribution in [0.3, 0.4) is 0 Å². The fourth-order valence-corrected chi connectivity index (χ4v) is 10.6. The fourth-order valence-electron chi connectivity index (χ4n) is 10.6. The predicted octanol–water partition coefficient (Wildman–Crippen LogP) is 6.30. The third-order valence-corrected chi connectivity index (χ3v) is 13.2. The highest BCUT2D eigenvalue weighted by molar-refractivity contribution is 5.77. The summed E-state index contributed by atoms with van der Waals surface area (Å²) in [6.07, 6.45) is 9.97. The van der Waals surface area contributed by atoms with Gasteiger partial charge in [-0.2, -0.15) is 0 Å². The summed E-state index contributed by atoms with van der Waals surface area (Å²) < 4.78 is 0. The number of hydrogen-bond donors (Lipinski definition) is 3. The van der Waals surface area contributed by atoms with Crippen molar-refractivity contribution in [2.45, 2.75) is 112 Å². The van der Waals surface area contributed by atoms with Crippen LogP contribution in [0.2, 0.25) is 0 Å². The van der Waals surface area contributed by atoms with Gasteiger partial charge in [0.15, 0.2) is 0 Å². The van der Waals surface area contributed by atoms with Crippen molar-refractivity contribution in [2.24, 2.45) is 50.2 Å². The molecule has 5 aliphatic rings. The summed E-state index contributed by atoms with van der Waals surface area (Å²) in [5.41, 5.74) is -0.437. The maximum Gasteiger partial charge on any atom is 0.312 e. The molecule has 0 radical (unpaired) electrons. The number of carboxylic acids is 2. The van der Waals surface area contributed by atoms with Gasteiger partial charge in [0, 0.05) is 0 Å². The normalized spacial score (nSPS) is 52.7. The van der Waals surface area contributed by atoms with E-state index in [1.165, 1.54) is 5.57 Å². The van der Waals surface area contributed by atoms with Crippen LogP contribution in [-0.4, -0.2) is 33.4 Å². The van der Waals surface area contributed by atoms with Gasteiger partial charge in [0.1, 0.15) is 0 Å². The number of hydrogen-bond acceptors (Lipinski definition) is 3. The standard InChI is InChI=1S/C30H46O5/c1-25(2)13-15-30(24(34)35)16-14-27(4)18(19(30)17-25)7-8-20-26(3)11-10-22(31)29(6,23(32)33)21(26)9-12-28(20,27)5/h7,19-22,31H,8-17H2,1-6H3,(H,32,33)(H,34,35)/t19?,20?,21?,22-,26-,27-,28-,29+,30+/m1/s1. The molecule has 5 nitrogen and oxygen atoms in total. The number of carbonyl (C=O) groups is 2. The van der Waals surface area contributed by atoms with Crippen LogP contribution in [0.5, 0.6) is 0 Å². The lowest BCUT2D eigenvalue weighted by molar-refractivity contribution is -0.217. The van der Waals surface area contributed by atoms with Gasteiger partial charge in [0.05, 0.1) is 16.9 Å². The van der Waals surface area contributed by atoms with Gasteiger partial charge >= 0.3 is 11.9 Å². The van der Waals surface area contributed by atoms with Crippen LogP contribution in [0.15, 0.2) is 11.6 Å². The molecule has 0 aromatic rings. The Labute approximate surface area is 210 Å². The van der Waals surface area contributed by atoms with Crippen LogP contribution in [0.1, 0.15) is 106 Å². The first-order chi connectivity index (χ1) is 16.1. The van der Waals surface area contributed by atoms with Gasteiger partial charge in [-0.3, -0.25) is 9.59 Å². The van der Waals surface area contributed by atoms with E-state index in [4.69, 9.17) is 0 Å². The molecule has 0 amide bonds. The van der Waals surface area contributed by atoms with Gasteiger partial charge in [-0.05, 0) is 111 Å². The van der Waals surface area contributed by atoms with Gasteiger partial charge in [-0.1, -0.05) is 46.3 Å². The maximum absolute atomic E-state index is 12.8. The Hall–Kier alpha value is -1.36. The first kappa shape index (κ1) is 25.3. The van der Waals surface area contributed by atoms with Crippen molar-refractivity contribution in [2.75, 3.05) is 0 Å². The summed E-state index contributed by atoms with van der Waals surface area (Å²) in [7, 11) is 0. The van der Waals surface area contributed by atoms with Crippen molar-refractivity contribution in [3.05, 3.63) is 11.6 Å². The van der Waals surface area contributed by atoms with Crippen molar-refractivity contribution in [3.63, 3.8) is 0 Å². The van der Waals surface area contributed by atoms with Crippen LogP contribution in [0.4, 0.5) is 0 Å². The second-order valence-electron chi connectivity index (χ2n) is 14.8. The van der Waals surface area contributed by atoms with Gasteiger partial charge in [0.2, 0.25) is 0 Å². The number of allylic oxidation sites excluding steroid dienone is 2. The van der Waals surface area contributed by atoms with Crippen molar-refractivity contribution >= 4 is 11.9 Å². The molecule has 0 bridgehead atoms. The first-order valence-corrected chi connectivity index (χ1v) is 13.9. The molecule has 4 fully saturated rings. The molecule has 5 aliphatic carbocycles. The molecule has 4 saturated carbocycles. The van der Waals surface area contributed by atoms with Crippen molar-refractivity contribution in [1.82, 2.24) is 0 Å². The summed E-state index contributed by atoms with van der Waals surface area (Å²) in [4.78, 5) is 25.3. The van der Waals surface area contributed by atoms with Gasteiger partial charge < -0.3 is 15.3 Å². The van der Waals surface area contributed by atoms with E-state index in [0.29, 0.717) is 12.3 Å². The van der Waals surface area contributed by atoms with Crippen LogP contribution in [0, 0.1) is 50.2 Å². The lowest BCUT2D eigenvalue weighted by atomic mass is 9.33. The van der Waals surface area contributed by atoms with E-state index in [9.17, 15) is 24.9 Å². The minimum atomic E-state index is -1.11. The molecule has 0 aromatic carbocycles. The number of aliphatic hydroxyl groups excluding tert-OH is 1. The molecule has 3 N–H and O–H groups in total. The average Bonchev–Trinajstić information content (AvgIpc) is 2.76. The molecule has 35 heavy (non-hydrogen) atoms. The van der Waals surface area contributed by atoms with Crippen LogP contribution >= 0.6 is 0 Å². The molecule has 0 aromatic heterocycles. The highest BCUT2D eigenvalue weighted by Gasteiger charge is 2.70. The van der Waals surface area contributed by atoms with E-state index >= 15 is 0 Å². The van der Waals surface area contributed by atoms with E-state index in [2.05, 4.69) is 40.7 Å². The summed E-state index contributed by atoms with van der Waals surface area (Å²) in [6, 6.07) is 0. The SMILES string of the molecule is CC1(C)CC[C@]2(C(=O)O)CC[C@]3(C)C(=CCC4[C@@]5(C)CC[C@@H](O)[C@@](C)(C(=O)O)C5CC[C@]43C)C2C1. The highest BCUT2D eigenvalue weighted by Crippen LogP contribution is 2.75. The van der Waals surface area contributed by atoms with Crippen molar-refractivity contribution < 1.29 is 24.9 Å². The molecule has 5 heteroatoms. The van der Waals surface area contributed by atoms with E-state index < -0.39 is 28.9 Å². The van der Waals surface area contributed by atoms with E-state index in [1.807, 2.05) is 0 Å². The minimum absolute atomic E-state index is 0.00368. The van der Waals surface area contributed by atoms with E-state index in [-0.39, 0.29) is 33.5 Å². The Morgan fingerprint density at radius 3 is 2.11 bits per heavy atom. The number of carboxylic acid groups (broad SMARTS) is 2. The molecule has 0 spiro atoms. The lowest BCUT2D eigenvalue weighted by Crippen LogP contribution is -2.66. The Balaban J connectivity index is 1.60. The van der Waals surface area contributed by atoms with Crippen molar-refractivity contribution in [1.29, 1.82) is 0 Å². The number of aliphatic hydroxyl groups is 1. The highest BCUT2D eigenvalue weighted by atomic mass is 16.4. The summed E-state index contributed by atoms with van der Waals surface area (Å²) in [5.74, 6) is -1.10. The molecule has 9 atom stereocenters. The summed E-state index contributed by atoms with van der Waals surface area (Å²) in [5, 5.41) is 31.6. The molecule has 0 aliphatic heterocycles. The molecule has 0 heterocycles.